The largest absolute Gasteiger partial charge is 0.381 e. The molecule has 0 bridgehead atoms. The number of rotatable bonds is 4. The van der Waals surface area contributed by atoms with Crippen molar-refractivity contribution >= 4 is 5.69 Å². The van der Waals surface area contributed by atoms with Crippen molar-refractivity contribution in [3.63, 3.8) is 0 Å². The van der Waals surface area contributed by atoms with E-state index in [1.54, 1.807) is 12.1 Å². The molecule has 0 spiro atoms. The minimum absolute atomic E-state index is 0.141. The van der Waals surface area contributed by atoms with Gasteiger partial charge in [0.05, 0.1) is 6.61 Å². The van der Waals surface area contributed by atoms with Crippen LogP contribution in [0.25, 0.3) is 0 Å². The van der Waals surface area contributed by atoms with Crippen molar-refractivity contribution < 1.29 is 9.13 Å². The number of hydrogen-bond donors (Lipinski definition) is 1. The Hall–Kier alpha value is -1.13. The number of anilines is 1. The second kappa shape index (κ2) is 5.70. The average Bonchev–Trinajstić information content (AvgIpc) is 2.82. The molecule has 0 saturated carbocycles. The molecule has 4 heteroatoms. The van der Waals surface area contributed by atoms with Gasteiger partial charge < -0.3 is 15.0 Å². The fourth-order valence-electron chi connectivity index (χ4n) is 3.59. The first kappa shape index (κ1) is 13.8. The van der Waals surface area contributed by atoms with E-state index in [0.29, 0.717) is 0 Å². The summed E-state index contributed by atoms with van der Waals surface area (Å²) in [7, 11) is 1.99. The SMILES string of the molecule is CNCC1(CN2CCc3ccc(F)cc32)CCCOC1. The number of nitrogens with one attached hydrogen (secondary N) is 1. The predicted octanol–water partition coefficient (Wildman–Crippen LogP) is 2.20. The second-order valence-corrected chi connectivity index (χ2v) is 6.13. The lowest BCUT2D eigenvalue weighted by molar-refractivity contribution is -0.00214. The van der Waals surface area contributed by atoms with E-state index in [0.717, 1.165) is 51.4 Å². The molecule has 2 aliphatic heterocycles. The van der Waals surface area contributed by atoms with Gasteiger partial charge in [0.15, 0.2) is 0 Å². The highest BCUT2D eigenvalue weighted by atomic mass is 19.1. The fraction of sp³-hybridized carbons (Fsp3) is 0.625. The van der Waals surface area contributed by atoms with Crippen LogP contribution in [0.3, 0.4) is 0 Å². The average molecular weight is 278 g/mol. The summed E-state index contributed by atoms with van der Waals surface area (Å²) in [4.78, 5) is 2.34. The molecule has 0 amide bonds. The molecule has 3 nitrogen and oxygen atoms in total. The van der Waals surface area contributed by atoms with Gasteiger partial charge in [-0.15, -0.1) is 0 Å². The first-order chi connectivity index (χ1) is 9.72. The van der Waals surface area contributed by atoms with Gasteiger partial charge >= 0.3 is 0 Å². The molecule has 2 aliphatic rings. The normalized spacial score (nSPS) is 25.8. The lowest BCUT2D eigenvalue weighted by atomic mass is 9.81. The van der Waals surface area contributed by atoms with Gasteiger partial charge in [-0.25, -0.2) is 4.39 Å². The second-order valence-electron chi connectivity index (χ2n) is 6.13. The third-order valence-electron chi connectivity index (χ3n) is 4.52. The summed E-state index contributed by atoms with van der Waals surface area (Å²) in [5.41, 5.74) is 2.50. The van der Waals surface area contributed by atoms with Crippen LogP contribution >= 0.6 is 0 Å². The first-order valence-corrected chi connectivity index (χ1v) is 7.48. The van der Waals surface area contributed by atoms with E-state index < -0.39 is 0 Å². The van der Waals surface area contributed by atoms with Crippen molar-refractivity contribution in [1.29, 1.82) is 0 Å². The van der Waals surface area contributed by atoms with E-state index in [1.807, 2.05) is 13.1 Å². The molecule has 1 saturated heterocycles. The molecule has 1 fully saturated rings. The maximum Gasteiger partial charge on any atom is 0.125 e. The summed E-state index contributed by atoms with van der Waals surface area (Å²) in [5, 5.41) is 3.31. The van der Waals surface area contributed by atoms with Crippen molar-refractivity contribution in [2.45, 2.75) is 19.3 Å². The van der Waals surface area contributed by atoms with Gasteiger partial charge in [0.2, 0.25) is 0 Å². The van der Waals surface area contributed by atoms with E-state index in [1.165, 1.54) is 12.0 Å². The van der Waals surface area contributed by atoms with E-state index in [4.69, 9.17) is 4.74 Å². The van der Waals surface area contributed by atoms with E-state index >= 15 is 0 Å². The minimum Gasteiger partial charge on any atom is -0.381 e. The molecular formula is C16H23FN2O. The molecule has 110 valence electrons. The van der Waals surface area contributed by atoms with Gasteiger partial charge in [-0.05, 0) is 44.0 Å². The van der Waals surface area contributed by atoms with Crippen molar-refractivity contribution in [2.24, 2.45) is 5.41 Å². The van der Waals surface area contributed by atoms with Crippen LogP contribution in [0.4, 0.5) is 10.1 Å². The number of halogens is 1. The Morgan fingerprint density at radius 3 is 3.10 bits per heavy atom. The lowest BCUT2D eigenvalue weighted by Crippen LogP contribution is -2.48. The molecule has 1 aromatic carbocycles. The molecule has 0 aromatic heterocycles. The van der Waals surface area contributed by atoms with Crippen LogP contribution in [0.1, 0.15) is 18.4 Å². The standard InChI is InChI=1S/C16H23FN2O/c1-18-10-16(6-2-8-20-12-16)11-19-7-5-13-3-4-14(17)9-15(13)19/h3-4,9,18H,2,5-8,10-12H2,1H3. The van der Waals surface area contributed by atoms with Crippen molar-refractivity contribution in [2.75, 3.05) is 44.8 Å². The van der Waals surface area contributed by atoms with E-state index in [9.17, 15) is 4.39 Å². The van der Waals surface area contributed by atoms with Crippen LogP contribution in [0, 0.1) is 11.2 Å². The van der Waals surface area contributed by atoms with Crippen LogP contribution in [0.2, 0.25) is 0 Å². The Balaban J connectivity index is 1.79. The third-order valence-corrected chi connectivity index (χ3v) is 4.52. The van der Waals surface area contributed by atoms with Crippen LogP contribution in [0.15, 0.2) is 18.2 Å². The number of ether oxygens (including phenoxy) is 1. The molecule has 2 heterocycles. The predicted molar refractivity (Wildman–Crippen MR) is 78.7 cm³/mol. The molecular weight excluding hydrogens is 255 g/mol. The van der Waals surface area contributed by atoms with Crippen LogP contribution in [-0.2, 0) is 11.2 Å². The van der Waals surface area contributed by atoms with Gasteiger partial charge in [0.1, 0.15) is 5.82 Å². The van der Waals surface area contributed by atoms with Crippen molar-refractivity contribution in [1.82, 2.24) is 5.32 Å². The number of fused-ring (bicyclic) bond motifs is 1. The Kier molecular flexibility index (Phi) is 3.94. The zero-order valence-electron chi connectivity index (χ0n) is 12.1. The van der Waals surface area contributed by atoms with Gasteiger partial charge in [-0.3, -0.25) is 0 Å². The summed E-state index contributed by atoms with van der Waals surface area (Å²) in [6.07, 6.45) is 3.31. The van der Waals surface area contributed by atoms with Gasteiger partial charge in [0.25, 0.3) is 0 Å². The smallest absolute Gasteiger partial charge is 0.125 e. The van der Waals surface area contributed by atoms with Crippen LogP contribution in [-0.4, -0.2) is 39.9 Å². The Morgan fingerprint density at radius 1 is 1.45 bits per heavy atom. The zero-order chi connectivity index (χ0) is 14.0. The van der Waals surface area contributed by atoms with Gasteiger partial charge in [-0.2, -0.15) is 0 Å². The molecule has 1 aromatic rings. The lowest BCUT2D eigenvalue weighted by Gasteiger charge is -2.40. The summed E-state index contributed by atoms with van der Waals surface area (Å²) in [6.45, 7) is 4.56. The monoisotopic (exact) mass is 278 g/mol. The number of nitrogens with zero attached hydrogens (tertiary/aromatic N) is 1. The topological polar surface area (TPSA) is 24.5 Å². The Labute approximate surface area is 120 Å². The summed E-state index contributed by atoms with van der Waals surface area (Å²) in [5.74, 6) is -0.141. The molecule has 3 rings (SSSR count). The quantitative estimate of drug-likeness (QED) is 0.914. The molecule has 1 N–H and O–H groups in total. The molecule has 20 heavy (non-hydrogen) atoms. The van der Waals surface area contributed by atoms with Gasteiger partial charge in [-0.1, -0.05) is 6.07 Å². The highest BCUT2D eigenvalue weighted by Gasteiger charge is 2.36. The summed E-state index contributed by atoms with van der Waals surface area (Å²) < 4.78 is 19.2. The number of benzene rings is 1. The molecule has 1 unspecified atom stereocenters. The summed E-state index contributed by atoms with van der Waals surface area (Å²) in [6, 6.07) is 5.17. The van der Waals surface area contributed by atoms with E-state index in [2.05, 4.69) is 10.2 Å². The maximum atomic E-state index is 13.5. The Bertz CT molecular complexity index is 466. The number of hydrogen-bond acceptors (Lipinski definition) is 3. The van der Waals surface area contributed by atoms with E-state index in [-0.39, 0.29) is 11.2 Å². The summed E-state index contributed by atoms with van der Waals surface area (Å²) >= 11 is 0. The Morgan fingerprint density at radius 2 is 2.35 bits per heavy atom. The van der Waals surface area contributed by atoms with Crippen molar-refractivity contribution in [3.8, 4) is 0 Å². The molecule has 1 atom stereocenters. The van der Waals surface area contributed by atoms with Crippen molar-refractivity contribution in [3.05, 3.63) is 29.6 Å². The van der Waals surface area contributed by atoms with Crippen LogP contribution < -0.4 is 10.2 Å². The first-order valence-electron chi connectivity index (χ1n) is 7.48. The third kappa shape index (κ3) is 2.67. The molecule has 0 aliphatic carbocycles. The highest BCUT2D eigenvalue weighted by molar-refractivity contribution is 5.58. The van der Waals surface area contributed by atoms with Gasteiger partial charge in [0, 0.05) is 37.3 Å². The fourth-order valence-corrected chi connectivity index (χ4v) is 3.59. The maximum absolute atomic E-state index is 13.5. The minimum atomic E-state index is -0.141. The van der Waals surface area contributed by atoms with Crippen LogP contribution in [0.5, 0.6) is 0 Å². The molecule has 0 radical (unpaired) electrons. The highest BCUT2D eigenvalue weighted by Crippen LogP contribution is 2.35. The zero-order valence-corrected chi connectivity index (χ0v) is 12.1.